The first-order valence-electron chi connectivity index (χ1n) is 6.20. The summed E-state index contributed by atoms with van der Waals surface area (Å²) in [6, 6.07) is 4.52. The number of hydrogen-bond donors (Lipinski definition) is 1. The molecule has 2 rings (SSSR count). The lowest BCUT2D eigenvalue weighted by Crippen LogP contribution is -2.53. The smallest absolute Gasteiger partial charge is 0.252 e. The number of nitrogens with one attached hydrogen (secondary N) is 1. The zero-order valence-electron chi connectivity index (χ0n) is 11.3. The average Bonchev–Trinajstić information content (AvgIpc) is 2.41. The molecule has 1 N–H and O–H groups in total. The number of anilines is 1. The van der Waals surface area contributed by atoms with E-state index in [-0.39, 0.29) is 24.1 Å². The Morgan fingerprint density at radius 1 is 1.32 bits per heavy atom. The van der Waals surface area contributed by atoms with Crippen molar-refractivity contribution in [3.8, 4) is 0 Å². The summed E-state index contributed by atoms with van der Waals surface area (Å²) in [5, 5.41) is 2.69. The average molecular weight is 264 g/mol. The molecule has 1 aliphatic heterocycles. The normalized spacial score (nSPS) is 19.1. The predicted octanol–water partition coefficient (Wildman–Crippen LogP) is 1.77. The van der Waals surface area contributed by atoms with Crippen LogP contribution in [0.3, 0.4) is 0 Å². The van der Waals surface area contributed by atoms with E-state index in [2.05, 4.69) is 5.32 Å². The number of carbonyl (C=O) groups is 2. The van der Waals surface area contributed by atoms with Crippen LogP contribution < -0.4 is 10.2 Å². The van der Waals surface area contributed by atoms with Crippen LogP contribution >= 0.6 is 0 Å². The molecule has 1 aromatic rings. The number of nitrogens with zero attached hydrogens (tertiary/aromatic N) is 1. The minimum Gasteiger partial charge on any atom is -0.342 e. The Hall–Kier alpha value is -1.91. The first kappa shape index (κ1) is 13.5. The van der Waals surface area contributed by atoms with Gasteiger partial charge in [0.15, 0.2) is 0 Å². The number of halogens is 1. The molecule has 4 nitrogen and oxygen atoms in total. The molecule has 1 aromatic carbocycles. The van der Waals surface area contributed by atoms with E-state index in [4.69, 9.17) is 0 Å². The van der Waals surface area contributed by atoms with Crippen molar-refractivity contribution in [2.24, 2.45) is 0 Å². The lowest BCUT2D eigenvalue weighted by molar-refractivity contribution is -0.128. The molecule has 1 saturated heterocycles. The number of rotatable bonds is 1. The zero-order chi connectivity index (χ0) is 14.2. The van der Waals surface area contributed by atoms with Crippen LogP contribution in [0.1, 0.15) is 25.8 Å². The van der Waals surface area contributed by atoms with E-state index >= 15 is 0 Å². The molecule has 1 fully saturated rings. The Morgan fingerprint density at radius 2 is 2.00 bits per heavy atom. The first-order valence-corrected chi connectivity index (χ1v) is 6.20. The first-order chi connectivity index (χ1) is 8.81. The third kappa shape index (κ3) is 2.59. The molecule has 5 heteroatoms. The van der Waals surface area contributed by atoms with Crippen LogP contribution in [0.2, 0.25) is 0 Å². The van der Waals surface area contributed by atoms with Crippen molar-refractivity contribution in [1.82, 2.24) is 5.32 Å². The van der Waals surface area contributed by atoms with Gasteiger partial charge in [0.1, 0.15) is 11.4 Å². The molecule has 1 aliphatic rings. The molecule has 102 valence electrons. The van der Waals surface area contributed by atoms with E-state index in [1.807, 2.05) is 0 Å². The van der Waals surface area contributed by atoms with Gasteiger partial charge in [-0.25, -0.2) is 4.39 Å². The Balaban J connectivity index is 2.39. The maximum Gasteiger partial charge on any atom is 0.252 e. The standard InChI is InChI=1S/C14H17FN2O2/c1-9-8-10(4-5-11(9)15)17-7-6-12(18)16-14(2,3)13(17)19/h4-5,8H,6-7H2,1-3H3,(H,16,18). The fraction of sp³-hybridized carbons (Fsp3) is 0.429. The molecule has 0 aromatic heterocycles. The SMILES string of the molecule is Cc1cc(N2CCC(=O)NC(C)(C)C2=O)ccc1F. The van der Waals surface area contributed by atoms with Gasteiger partial charge in [0, 0.05) is 18.7 Å². The van der Waals surface area contributed by atoms with Crippen molar-refractivity contribution in [3.05, 3.63) is 29.6 Å². The van der Waals surface area contributed by atoms with E-state index in [1.165, 1.54) is 11.0 Å². The minimum absolute atomic E-state index is 0.153. The molecule has 19 heavy (non-hydrogen) atoms. The number of carbonyl (C=O) groups excluding carboxylic acids is 2. The predicted molar refractivity (Wildman–Crippen MR) is 70.3 cm³/mol. The van der Waals surface area contributed by atoms with Gasteiger partial charge in [0.2, 0.25) is 5.91 Å². The third-order valence-corrected chi connectivity index (χ3v) is 3.25. The van der Waals surface area contributed by atoms with Gasteiger partial charge in [-0.2, -0.15) is 0 Å². The molecular formula is C14H17FN2O2. The minimum atomic E-state index is -0.949. The highest BCUT2D eigenvalue weighted by Crippen LogP contribution is 2.23. The highest BCUT2D eigenvalue weighted by Gasteiger charge is 2.37. The van der Waals surface area contributed by atoms with Crippen LogP contribution in [0.15, 0.2) is 18.2 Å². The van der Waals surface area contributed by atoms with Gasteiger partial charge in [0.05, 0.1) is 0 Å². The number of benzene rings is 1. The second-order valence-corrected chi connectivity index (χ2v) is 5.31. The molecule has 0 atom stereocenters. The summed E-state index contributed by atoms with van der Waals surface area (Å²) in [6.45, 7) is 5.29. The molecule has 0 aliphatic carbocycles. The van der Waals surface area contributed by atoms with Crippen molar-refractivity contribution in [1.29, 1.82) is 0 Å². The van der Waals surface area contributed by atoms with E-state index in [9.17, 15) is 14.0 Å². The molecule has 0 unspecified atom stereocenters. The molecule has 1 heterocycles. The van der Waals surface area contributed by atoms with E-state index in [0.29, 0.717) is 17.8 Å². The van der Waals surface area contributed by atoms with Crippen LogP contribution in [0.25, 0.3) is 0 Å². The number of hydrogen-bond acceptors (Lipinski definition) is 2. The van der Waals surface area contributed by atoms with Crippen molar-refractivity contribution < 1.29 is 14.0 Å². The van der Waals surface area contributed by atoms with Gasteiger partial charge in [-0.05, 0) is 44.5 Å². The summed E-state index contributed by atoms with van der Waals surface area (Å²) in [5.41, 5.74) is 0.149. The van der Waals surface area contributed by atoms with E-state index in [0.717, 1.165) is 0 Å². The van der Waals surface area contributed by atoms with Gasteiger partial charge in [-0.1, -0.05) is 0 Å². The monoisotopic (exact) mass is 264 g/mol. The zero-order valence-corrected chi connectivity index (χ0v) is 11.3. The Morgan fingerprint density at radius 3 is 2.63 bits per heavy atom. The number of aryl methyl sites for hydroxylation is 1. The summed E-state index contributed by atoms with van der Waals surface area (Å²) in [6.07, 6.45) is 0.242. The van der Waals surface area contributed by atoms with Crippen molar-refractivity contribution in [2.75, 3.05) is 11.4 Å². The maximum atomic E-state index is 13.3. The second kappa shape index (κ2) is 4.64. The highest BCUT2D eigenvalue weighted by molar-refractivity contribution is 6.03. The lowest BCUT2D eigenvalue weighted by Gasteiger charge is -2.29. The summed E-state index contributed by atoms with van der Waals surface area (Å²) in [4.78, 5) is 25.6. The third-order valence-electron chi connectivity index (χ3n) is 3.25. The lowest BCUT2D eigenvalue weighted by atomic mass is 10.0. The summed E-state index contributed by atoms with van der Waals surface area (Å²) in [7, 11) is 0. The van der Waals surface area contributed by atoms with Crippen LogP contribution in [0, 0.1) is 12.7 Å². The fourth-order valence-electron chi connectivity index (χ4n) is 2.16. The highest BCUT2D eigenvalue weighted by atomic mass is 19.1. The van der Waals surface area contributed by atoms with Crippen molar-refractivity contribution >= 4 is 17.5 Å². The summed E-state index contributed by atoms with van der Waals surface area (Å²) < 4.78 is 13.3. The van der Waals surface area contributed by atoms with Crippen molar-refractivity contribution in [3.63, 3.8) is 0 Å². The molecule has 2 amide bonds. The van der Waals surface area contributed by atoms with Gasteiger partial charge < -0.3 is 10.2 Å². The van der Waals surface area contributed by atoms with Crippen LogP contribution in [0.5, 0.6) is 0 Å². The Bertz CT molecular complexity index is 540. The van der Waals surface area contributed by atoms with Crippen LogP contribution in [0.4, 0.5) is 10.1 Å². The fourth-order valence-corrected chi connectivity index (χ4v) is 2.16. The van der Waals surface area contributed by atoms with E-state index in [1.54, 1.807) is 32.9 Å². The van der Waals surface area contributed by atoms with Gasteiger partial charge in [-0.3, -0.25) is 9.59 Å². The maximum absolute atomic E-state index is 13.3. The van der Waals surface area contributed by atoms with Gasteiger partial charge in [-0.15, -0.1) is 0 Å². The molecule has 0 saturated carbocycles. The summed E-state index contributed by atoms with van der Waals surface area (Å²) >= 11 is 0. The quantitative estimate of drug-likeness (QED) is 0.840. The van der Waals surface area contributed by atoms with E-state index < -0.39 is 5.54 Å². The Labute approximate surface area is 111 Å². The topological polar surface area (TPSA) is 49.4 Å². The Kier molecular flexibility index (Phi) is 3.30. The summed E-state index contributed by atoms with van der Waals surface area (Å²) in [5.74, 6) is -0.650. The van der Waals surface area contributed by atoms with Gasteiger partial charge in [0.25, 0.3) is 5.91 Å². The molecule has 0 radical (unpaired) electrons. The molecular weight excluding hydrogens is 247 g/mol. The largest absolute Gasteiger partial charge is 0.342 e. The van der Waals surface area contributed by atoms with Crippen LogP contribution in [-0.4, -0.2) is 23.9 Å². The molecule has 0 spiro atoms. The molecule has 0 bridgehead atoms. The van der Waals surface area contributed by atoms with Gasteiger partial charge >= 0.3 is 0 Å². The van der Waals surface area contributed by atoms with Crippen molar-refractivity contribution in [2.45, 2.75) is 32.7 Å². The number of amides is 2. The van der Waals surface area contributed by atoms with Crippen LogP contribution in [-0.2, 0) is 9.59 Å². The second-order valence-electron chi connectivity index (χ2n) is 5.31.